The highest BCUT2D eigenvalue weighted by atomic mass is 35.5. The number of alkyl halides is 1. The predicted molar refractivity (Wildman–Crippen MR) is 105 cm³/mol. The molecule has 0 bridgehead atoms. The van der Waals surface area contributed by atoms with E-state index in [-0.39, 0.29) is 24.3 Å². The highest BCUT2D eigenvalue weighted by molar-refractivity contribution is 6.29. The standard InChI is InChI=1S/C20H21ClN2O4/c1-14-3-6-16(7-4-14)26-10-2-9-23-17-11-15(22-19(24)12-21)5-8-18(17)27-13-20(23)25/h3-8,11H,2,9-10,12-13H2,1H3,(H,22,24). The van der Waals surface area contributed by atoms with E-state index in [1.54, 1.807) is 23.1 Å². The summed E-state index contributed by atoms with van der Waals surface area (Å²) in [6.45, 7) is 3.01. The van der Waals surface area contributed by atoms with Crippen LogP contribution in [0.3, 0.4) is 0 Å². The van der Waals surface area contributed by atoms with E-state index in [0.29, 0.717) is 36.7 Å². The predicted octanol–water partition coefficient (Wildman–Crippen LogP) is 3.37. The zero-order valence-electron chi connectivity index (χ0n) is 15.0. The van der Waals surface area contributed by atoms with Crippen molar-refractivity contribution in [1.82, 2.24) is 0 Å². The smallest absolute Gasteiger partial charge is 0.265 e. The number of carbonyl (C=O) groups excluding carboxylic acids is 2. The maximum atomic E-state index is 12.3. The van der Waals surface area contributed by atoms with Gasteiger partial charge in [0.25, 0.3) is 5.91 Å². The lowest BCUT2D eigenvalue weighted by atomic mass is 10.2. The van der Waals surface area contributed by atoms with Crippen molar-refractivity contribution in [3.8, 4) is 11.5 Å². The van der Waals surface area contributed by atoms with Crippen LogP contribution in [0, 0.1) is 6.92 Å². The minimum atomic E-state index is -0.308. The van der Waals surface area contributed by atoms with E-state index in [1.807, 2.05) is 31.2 Å². The minimum Gasteiger partial charge on any atom is -0.494 e. The molecule has 2 amide bonds. The van der Waals surface area contributed by atoms with Gasteiger partial charge < -0.3 is 19.7 Å². The molecule has 0 unspecified atom stereocenters. The van der Waals surface area contributed by atoms with Gasteiger partial charge >= 0.3 is 0 Å². The highest BCUT2D eigenvalue weighted by Crippen LogP contribution is 2.34. The number of anilines is 2. The third kappa shape index (κ3) is 4.92. The normalized spacial score (nSPS) is 13.0. The zero-order chi connectivity index (χ0) is 19.2. The van der Waals surface area contributed by atoms with Crippen molar-refractivity contribution in [3.05, 3.63) is 48.0 Å². The first kappa shape index (κ1) is 19.0. The van der Waals surface area contributed by atoms with E-state index in [1.165, 1.54) is 5.56 Å². The Kier molecular flexibility index (Phi) is 6.19. The molecule has 1 aliphatic heterocycles. The van der Waals surface area contributed by atoms with Crippen LogP contribution in [0.15, 0.2) is 42.5 Å². The van der Waals surface area contributed by atoms with Gasteiger partial charge in [-0.05, 0) is 43.7 Å². The molecule has 0 saturated carbocycles. The number of halogens is 1. The number of rotatable bonds is 7. The van der Waals surface area contributed by atoms with Crippen molar-refractivity contribution in [3.63, 3.8) is 0 Å². The number of aryl methyl sites for hydroxylation is 1. The Morgan fingerprint density at radius 1 is 1.26 bits per heavy atom. The molecule has 142 valence electrons. The Morgan fingerprint density at radius 3 is 2.78 bits per heavy atom. The summed E-state index contributed by atoms with van der Waals surface area (Å²) in [6, 6.07) is 13.0. The fraction of sp³-hybridized carbons (Fsp3) is 0.300. The van der Waals surface area contributed by atoms with Crippen LogP contribution in [0.25, 0.3) is 0 Å². The van der Waals surface area contributed by atoms with Gasteiger partial charge in [-0.2, -0.15) is 0 Å². The van der Waals surface area contributed by atoms with E-state index in [9.17, 15) is 9.59 Å². The Morgan fingerprint density at radius 2 is 2.04 bits per heavy atom. The van der Waals surface area contributed by atoms with Gasteiger partial charge in [0.15, 0.2) is 6.61 Å². The summed E-state index contributed by atoms with van der Waals surface area (Å²) in [5, 5.41) is 2.68. The van der Waals surface area contributed by atoms with Crippen LogP contribution in [0.4, 0.5) is 11.4 Å². The SMILES string of the molecule is Cc1ccc(OCCCN2C(=O)COc3ccc(NC(=O)CCl)cc32)cc1. The molecule has 1 N–H and O–H groups in total. The van der Waals surface area contributed by atoms with Gasteiger partial charge in [0.2, 0.25) is 5.91 Å². The lowest BCUT2D eigenvalue weighted by Crippen LogP contribution is -2.39. The van der Waals surface area contributed by atoms with Gasteiger partial charge in [0, 0.05) is 12.2 Å². The molecule has 0 aromatic heterocycles. The second-order valence-electron chi connectivity index (χ2n) is 6.21. The Bertz CT molecular complexity index is 823. The number of nitrogens with zero attached hydrogens (tertiary/aromatic N) is 1. The molecule has 0 saturated heterocycles. The van der Waals surface area contributed by atoms with Crippen LogP contribution in [-0.2, 0) is 9.59 Å². The van der Waals surface area contributed by atoms with E-state index in [4.69, 9.17) is 21.1 Å². The number of carbonyl (C=O) groups is 2. The second-order valence-corrected chi connectivity index (χ2v) is 6.48. The topological polar surface area (TPSA) is 67.9 Å². The average molecular weight is 389 g/mol. The van der Waals surface area contributed by atoms with Gasteiger partial charge in [0.05, 0.1) is 12.3 Å². The first-order valence-electron chi connectivity index (χ1n) is 8.69. The number of benzene rings is 2. The average Bonchev–Trinajstić information content (AvgIpc) is 2.68. The monoisotopic (exact) mass is 388 g/mol. The van der Waals surface area contributed by atoms with E-state index >= 15 is 0 Å². The Hall–Kier alpha value is -2.73. The van der Waals surface area contributed by atoms with Crippen LogP contribution < -0.4 is 19.7 Å². The molecule has 7 heteroatoms. The summed E-state index contributed by atoms with van der Waals surface area (Å²) in [7, 11) is 0. The Labute approximate surface area is 163 Å². The van der Waals surface area contributed by atoms with Gasteiger partial charge in [-0.1, -0.05) is 17.7 Å². The Balaban J connectivity index is 1.63. The summed E-state index contributed by atoms with van der Waals surface area (Å²) in [5.74, 6) is 0.849. The molecule has 1 aliphatic rings. The fourth-order valence-corrected chi connectivity index (χ4v) is 2.83. The molecule has 0 spiro atoms. The largest absolute Gasteiger partial charge is 0.494 e. The van der Waals surface area contributed by atoms with E-state index in [2.05, 4.69) is 5.32 Å². The molecule has 27 heavy (non-hydrogen) atoms. The van der Waals surface area contributed by atoms with Crippen LogP contribution in [0.5, 0.6) is 11.5 Å². The zero-order valence-corrected chi connectivity index (χ0v) is 15.8. The molecule has 0 aliphatic carbocycles. The summed E-state index contributed by atoms with van der Waals surface area (Å²) >= 11 is 5.53. The number of ether oxygens (including phenoxy) is 2. The number of amides is 2. The maximum Gasteiger partial charge on any atom is 0.265 e. The van der Waals surface area contributed by atoms with Crippen LogP contribution in [0.2, 0.25) is 0 Å². The van der Waals surface area contributed by atoms with E-state index < -0.39 is 0 Å². The van der Waals surface area contributed by atoms with Gasteiger partial charge in [-0.15, -0.1) is 11.6 Å². The molecule has 1 heterocycles. The molecule has 2 aromatic carbocycles. The van der Waals surface area contributed by atoms with Crippen molar-refractivity contribution >= 4 is 34.8 Å². The summed E-state index contributed by atoms with van der Waals surface area (Å²) in [5.41, 5.74) is 2.38. The second kappa shape index (κ2) is 8.77. The molecule has 0 radical (unpaired) electrons. The summed E-state index contributed by atoms with van der Waals surface area (Å²) in [6.07, 6.45) is 0.664. The first-order valence-corrected chi connectivity index (χ1v) is 9.23. The van der Waals surface area contributed by atoms with E-state index in [0.717, 1.165) is 5.75 Å². The number of hydrogen-bond donors (Lipinski definition) is 1. The van der Waals surface area contributed by atoms with Crippen LogP contribution in [0.1, 0.15) is 12.0 Å². The highest BCUT2D eigenvalue weighted by Gasteiger charge is 2.25. The van der Waals surface area contributed by atoms with Crippen molar-refractivity contribution in [2.24, 2.45) is 0 Å². The summed E-state index contributed by atoms with van der Waals surface area (Å²) in [4.78, 5) is 25.5. The number of fused-ring (bicyclic) bond motifs is 1. The summed E-state index contributed by atoms with van der Waals surface area (Å²) < 4.78 is 11.2. The van der Waals surface area contributed by atoms with Crippen LogP contribution >= 0.6 is 11.6 Å². The molecular weight excluding hydrogens is 368 g/mol. The van der Waals surface area contributed by atoms with Crippen molar-refractivity contribution in [1.29, 1.82) is 0 Å². The third-order valence-electron chi connectivity index (χ3n) is 4.12. The lowest BCUT2D eigenvalue weighted by molar-refractivity contribution is -0.121. The quantitative estimate of drug-likeness (QED) is 0.583. The minimum absolute atomic E-state index is 0.000789. The number of hydrogen-bond acceptors (Lipinski definition) is 4. The maximum absolute atomic E-state index is 12.3. The van der Waals surface area contributed by atoms with Gasteiger partial charge in [-0.25, -0.2) is 0 Å². The van der Waals surface area contributed by atoms with Crippen molar-refractivity contribution in [2.45, 2.75) is 13.3 Å². The molecule has 0 fully saturated rings. The molecule has 2 aromatic rings. The molecule has 6 nitrogen and oxygen atoms in total. The van der Waals surface area contributed by atoms with Gasteiger partial charge in [0.1, 0.15) is 17.4 Å². The van der Waals surface area contributed by atoms with Crippen molar-refractivity contribution < 1.29 is 19.1 Å². The molecular formula is C20H21ClN2O4. The van der Waals surface area contributed by atoms with Crippen LogP contribution in [-0.4, -0.2) is 37.5 Å². The van der Waals surface area contributed by atoms with Gasteiger partial charge in [-0.3, -0.25) is 9.59 Å². The first-order chi connectivity index (χ1) is 13.1. The fourth-order valence-electron chi connectivity index (χ4n) is 2.77. The number of nitrogens with one attached hydrogen (secondary N) is 1. The lowest BCUT2D eigenvalue weighted by Gasteiger charge is -2.29. The molecule has 3 rings (SSSR count). The van der Waals surface area contributed by atoms with Crippen molar-refractivity contribution in [2.75, 3.05) is 35.9 Å². The third-order valence-corrected chi connectivity index (χ3v) is 4.37. The molecule has 0 atom stereocenters.